The lowest BCUT2D eigenvalue weighted by molar-refractivity contribution is -0.118. The van der Waals surface area contributed by atoms with Crippen molar-refractivity contribution in [2.45, 2.75) is 44.7 Å². The van der Waals surface area contributed by atoms with Crippen LogP contribution in [0, 0.1) is 0 Å². The maximum absolute atomic E-state index is 12.2. The minimum absolute atomic E-state index is 0.0952. The molecule has 29 heavy (non-hydrogen) atoms. The van der Waals surface area contributed by atoms with Crippen molar-refractivity contribution in [2.75, 3.05) is 26.1 Å². The molecule has 3 rings (SSSR count). The second kappa shape index (κ2) is 10.7. The first-order valence-corrected chi connectivity index (χ1v) is 10.1. The molecule has 1 amide bonds. The van der Waals surface area contributed by atoms with Crippen molar-refractivity contribution in [3.8, 4) is 17.2 Å². The molecule has 0 unspecified atom stereocenters. The van der Waals surface area contributed by atoms with Crippen LogP contribution in [0.5, 0.6) is 17.2 Å². The van der Waals surface area contributed by atoms with Gasteiger partial charge >= 0.3 is 0 Å². The van der Waals surface area contributed by atoms with Crippen LogP contribution in [0.15, 0.2) is 42.5 Å². The lowest BCUT2D eigenvalue weighted by atomic mass is 9.95. The van der Waals surface area contributed by atoms with E-state index in [0.717, 1.165) is 17.9 Å². The summed E-state index contributed by atoms with van der Waals surface area (Å²) in [5.74, 6) is 1.69. The van der Waals surface area contributed by atoms with Gasteiger partial charge in [-0.3, -0.25) is 4.79 Å². The van der Waals surface area contributed by atoms with E-state index in [-0.39, 0.29) is 12.5 Å². The zero-order chi connectivity index (χ0) is 20.5. The second-order valence-corrected chi connectivity index (χ2v) is 7.27. The first-order valence-electron chi connectivity index (χ1n) is 10.1. The third kappa shape index (κ3) is 6.39. The van der Waals surface area contributed by atoms with Gasteiger partial charge in [0.05, 0.1) is 14.2 Å². The Morgan fingerprint density at radius 2 is 1.72 bits per heavy atom. The Morgan fingerprint density at radius 3 is 2.41 bits per heavy atom. The zero-order valence-corrected chi connectivity index (χ0v) is 17.2. The molecule has 6 nitrogen and oxygen atoms in total. The van der Waals surface area contributed by atoms with Crippen LogP contribution in [-0.2, 0) is 11.3 Å². The van der Waals surface area contributed by atoms with E-state index < -0.39 is 0 Å². The molecule has 1 fully saturated rings. The molecule has 0 atom stereocenters. The van der Waals surface area contributed by atoms with Crippen molar-refractivity contribution in [3.63, 3.8) is 0 Å². The summed E-state index contributed by atoms with van der Waals surface area (Å²) >= 11 is 0. The number of hydrogen-bond donors (Lipinski definition) is 2. The highest BCUT2D eigenvalue weighted by Crippen LogP contribution is 2.28. The molecule has 156 valence electrons. The molecule has 1 aliphatic rings. The number of carbonyl (C=O) groups is 1. The molecule has 0 saturated heterocycles. The summed E-state index contributed by atoms with van der Waals surface area (Å²) in [6, 6.07) is 13.6. The van der Waals surface area contributed by atoms with E-state index >= 15 is 0 Å². The number of ether oxygens (including phenoxy) is 3. The van der Waals surface area contributed by atoms with Gasteiger partial charge in [0.1, 0.15) is 5.75 Å². The number of carbonyl (C=O) groups excluding carboxylic acids is 1. The van der Waals surface area contributed by atoms with Crippen LogP contribution >= 0.6 is 0 Å². The fourth-order valence-electron chi connectivity index (χ4n) is 3.52. The Balaban J connectivity index is 1.50. The Kier molecular flexibility index (Phi) is 7.76. The van der Waals surface area contributed by atoms with Crippen LogP contribution < -0.4 is 24.8 Å². The van der Waals surface area contributed by atoms with Crippen LogP contribution in [0.25, 0.3) is 0 Å². The molecular weight excluding hydrogens is 368 g/mol. The van der Waals surface area contributed by atoms with E-state index in [0.29, 0.717) is 23.2 Å². The molecule has 0 radical (unpaired) electrons. The largest absolute Gasteiger partial charge is 0.497 e. The van der Waals surface area contributed by atoms with Gasteiger partial charge in [-0.1, -0.05) is 25.3 Å². The SMILES string of the molecule is COc1ccc(NC(=O)COc2ccc(CNC3CCCCC3)cc2OC)cc1. The summed E-state index contributed by atoms with van der Waals surface area (Å²) in [7, 11) is 3.21. The molecule has 1 saturated carbocycles. The molecule has 2 N–H and O–H groups in total. The average Bonchev–Trinajstić information content (AvgIpc) is 2.77. The minimum atomic E-state index is -0.236. The molecule has 6 heteroatoms. The van der Waals surface area contributed by atoms with E-state index in [1.165, 1.54) is 32.1 Å². The fraction of sp³-hybridized carbons (Fsp3) is 0.435. The molecule has 0 spiro atoms. The van der Waals surface area contributed by atoms with Crippen molar-refractivity contribution >= 4 is 11.6 Å². The van der Waals surface area contributed by atoms with Gasteiger partial charge < -0.3 is 24.8 Å². The summed E-state index contributed by atoms with van der Waals surface area (Å²) in [4.78, 5) is 12.2. The second-order valence-electron chi connectivity index (χ2n) is 7.27. The standard InChI is InChI=1S/C23H30N2O4/c1-27-20-11-9-19(10-12-20)25-23(26)16-29-21-13-8-17(14-22(21)28-2)15-24-18-6-4-3-5-7-18/h8-14,18,24H,3-7,15-16H2,1-2H3,(H,25,26). The third-order valence-electron chi connectivity index (χ3n) is 5.16. The summed E-state index contributed by atoms with van der Waals surface area (Å²) in [5, 5.41) is 6.42. The number of benzene rings is 2. The maximum atomic E-state index is 12.2. The summed E-state index contributed by atoms with van der Waals surface area (Å²) in [5.41, 5.74) is 1.83. The highest BCUT2D eigenvalue weighted by molar-refractivity contribution is 5.91. The molecule has 0 heterocycles. The molecule has 0 aliphatic heterocycles. The van der Waals surface area contributed by atoms with Gasteiger partial charge in [-0.05, 0) is 54.8 Å². The molecule has 0 aromatic heterocycles. The van der Waals surface area contributed by atoms with Gasteiger partial charge in [0, 0.05) is 18.3 Å². The zero-order valence-electron chi connectivity index (χ0n) is 17.2. The average molecular weight is 399 g/mol. The van der Waals surface area contributed by atoms with Crippen molar-refractivity contribution in [1.29, 1.82) is 0 Å². The van der Waals surface area contributed by atoms with Crippen LogP contribution in [0.3, 0.4) is 0 Å². The van der Waals surface area contributed by atoms with Crippen LogP contribution in [0.1, 0.15) is 37.7 Å². The Labute approximate surface area is 172 Å². The predicted octanol–water partition coefficient (Wildman–Crippen LogP) is 4.14. The number of anilines is 1. The van der Waals surface area contributed by atoms with Crippen molar-refractivity contribution < 1.29 is 19.0 Å². The van der Waals surface area contributed by atoms with Crippen molar-refractivity contribution in [3.05, 3.63) is 48.0 Å². The molecular formula is C23H30N2O4. The lowest BCUT2D eigenvalue weighted by Gasteiger charge is -2.23. The first kappa shape index (κ1) is 21.0. The normalized spacial score (nSPS) is 14.3. The third-order valence-corrected chi connectivity index (χ3v) is 5.16. The predicted molar refractivity (Wildman–Crippen MR) is 114 cm³/mol. The van der Waals surface area contributed by atoms with E-state index in [1.54, 1.807) is 38.5 Å². The Hall–Kier alpha value is -2.73. The lowest BCUT2D eigenvalue weighted by Crippen LogP contribution is -2.30. The summed E-state index contributed by atoms with van der Waals surface area (Å²) in [6.07, 6.45) is 6.48. The van der Waals surface area contributed by atoms with Crippen LogP contribution in [-0.4, -0.2) is 32.8 Å². The fourth-order valence-corrected chi connectivity index (χ4v) is 3.52. The number of amides is 1. The molecule has 2 aromatic rings. The Morgan fingerprint density at radius 1 is 0.966 bits per heavy atom. The smallest absolute Gasteiger partial charge is 0.262 e. The van der Waals surface area contributed by atoms with Crippen molar-refractivity contribution in [1.82, 2.24) is 5.32 Å². The number of rotatable bonds is 9. The van der Waals surface area contributed by atoms with Gasteiger partial charge in [0.2, 0.25) is 0 Å². The number of methoxy groups -OCH3 is 2. The molecule has 1 aliphatic carbocycles. The van der Waals surface area contributed by atoms with Gasteiger partial charge in [-0.15, -0.1) is 0 Å². The summed E-state index contributed by atoms with van der Waals surface area (Å²) in [6.45, 7) is 0.710. The first-order chi connectivity index (χ1) is 14.2. The highest BCUT2D eigenvalue weighted by atomic mass is 16.5. The van der Waals surface area contributed by atoms with E-state index in [9.17, 15) is 4.79 Å². The van der Waals surface area contributed by atoms with Crippen molar-refractivity contribution in [2.24, 2.45) is 0 Å². The van der Waals surface area contributed by atoms with Gasteiger partial charge in [0.25, 0.3) is 5.91 Å². The Bertz CT molecular complexity index is 786. The van der Waals surface area contributed by atoms with Crippen LogP contribution in [0.4, 0.5) is 5.69 Å². The van der Waals surface area contributed by atoms with Gasteiger partial charge in [-0.25, -0.2) is 0 Å². The number of hydrogen-bond acceptors (Lipinski definition) is 5. The molecule has 2 aromatic carbocycles. The van der Waals surface area contributed by atoms with E-state index in [4.69, 9.17) is 14.2 Å². The van der Waals surface area contributed by atoms with Crippen LogP contribution in [0.2, 0.25) is 0 Å². The van der Waals surface area contributed by atoms with Gasteiger partial charge in [0.15, 0.2) is 18.1 Å². The van der Waals surface area contributed by atoms with E-state index in [2.05, 4.69) is 10.6 Å². The summed E-state index contributed by atoms with van der Waals surface area (Å²) < 4.78 is 16.2. The number of nitrogens with one attached hydrogen (secondary N) is 2. The minimum Gasteiger partial charge on any atom is -0.497 e. The topological polar surface area (TPSA) is 68.8 Å². The maximum Gasteiger partial charge on any atom is 0.262 e. The van der Waals surface area contributed by atoms with Gasteiger partial charge in [-0.2, -0.15) is 0 Å². The van der Waals surface area contributed by atoms with E-state index in [1.807, 2.05) is 18.2 Å². The highest BCUT2D eigenvalue weighted by Gasteiger charge is 2.13. The molecule has 0 bridgehead atoms. The quantitative estimate of drug-likeness (QED) is 0.664. The monoisotopic (exact) mass is 398 g/mol.